The monoisotopic (exact) mass is 155 g/mol. The SMILES string of the molecule is O=C(O)[C@@H]1CCC2CCCN21. The highest BCUT2D eigenvalue weighted by atomic mass is 16.4. The van der Waals surface area contributed by atoms with Crippen LogP contribution in [0.25, 0.3) is 0 Å². The van der Waals surface area contributed by atoms with Crippen LogP contribution >= 0.6 is 0 Å². The summed E-state index contributed by atoms with van der Waals surface area (Å²) in [7, 11) is 0. The lowest BCUT2D eigenvalue weighted by Crippen LogP contribution is -2.36. The van der Waals surface area contributed by atoms with Gasteiger partial charge in [0.25, 0.3) is 0 Å². The summed E-state index contributed by atoms with van der Waals surface area (Å²) in [4.78, 5) is 12.9. The smallest absolute Gasteiger partial charge is 0.320 e. The van der Waals surface area contributed by atoms with E-state index in [1.165, 1.54) is 12.8 Å². The molecular formula is C8H13NO2. The largest absolute Gasteiger partial charge is 0.480 e. The number of carboxylic acid groups (broad SMARTS) is 1. The highest BCUT2D eigenvalue weighted by molar-refractivity contribution is 5.74. The number of hydrogen-bond donors (Lipinski definition) is 1. The van der Waals surface area contributed by atoms with Gasteiger partial charge in [0.1, 0.15) is 6.04 Å². The molecule has 62 valence electrons. The first-order valence-electron chi connectivity index (χ1n) is 4.27. The van der Waals surface area contributed by atoms with E-state index in [1.54, 1.807) is 0 Å². The number of rotatable bonds is 1. The third-order valence-electron chi connectivity index (χ3n) is 2.88. The van der Waals surface area contributed by atoms with Crippen LogP contribution in [0.15, 0.2) is 0 Å². The van der Waals surface area contributed by atoms with E-state index in [9.17, 15) is 4.79 Å². The summed E-state index contributed by atoms with van der Waals surface area (Å²) in [5.74, 6) is -0.630. The lowest BCUT2D eigenvalue weighted by atomic mass is 10.1. The van der Waals surface area contributed by atoms with Crippen LogP contribution in [0.1, 0.15) is 25.7 Å². The third-order valence-corrected chi connectivity index (χ3v) is 2.88. The zero-order valence-electron chi connectivity index (χ0n) is 6.49. The summed E-state index contributed by atoms with van der Waals surface area (Å²) in [6.45, 7) is 1.00. The van der Waals surface area contributed by atoms with Crippen molar-refractivity contribution in [1.82, 2.24) is 4.90 Å². The maximum absolute atomic E-state index is 10.7. The second-order valence-electron chi connectivity index (χ2n) is 3.47. The third kappa shape index (κ3) is 1.03. The van der Waals surface area contributed by atoms with Crippen molar-refractivity contribution in [2.75, 3.05) is 6.54 Å². The zero-order chi connectivity index (χ0) is 7.84. The number of carboxylic acids is 1. The van der Waals surface area contributed by atoms with E-state index < -0.39 is 5.97 Å². The first-order valence-corrected chi connectivity index (χ1v) is 4.27. The Morgan fingerprint density at radius 3 is 2.91 bits per heavy atom. The average Bonchev–Trinajstić information content (AvgIpc) is 2.41. The average molecular weight is 155 g/mol. The van der Waals surface area contributed by atoms with Gasteiger partial charge in [-0.25, -0.2) is 0 Å². The van der Waals surface area contributed by atoms with E-state index in [-0.39, 0.29) is 6.04 Å². The quantitative estimate of drug-likeness (QED) is 0.606. The van der Waals surface area contributed by atoms with E-state index in [0.717, 1.165) is 19.4 Å². The summed E-state index contributed by atoms with van der Waals surface area (Å²) in [5.41, 5.74) is 0. The topological polar surface area (TPSA) is 40.5 Å². The molecule has 2 saturated heterocycles. The number of hydrogen-bond acceptors (Lipinski definition) is 2. The van der Waals surface area contributed by atoms with Crippen molar-refractivity contribution < 1.29 is 9.90 Å². The Morgan fingerprint density at radius 2 is 2.18 bits per heavy atom. The number of carbonyl (C=O) groups is 1. The highest BCUT2D eigenvalue weighted by Gasteiger charge is 2.39. The van der Waals surface area contributed by atoms with Crippen LogP contribution in [0, 0.1) is 0 Å². The van der Waals surface area contributed by atoms with Crippen molar-refractivity contribution in [2.24, 2.45) is 0 Å². The summed E-state index contributed by atoms with van der Waals surface area (Å²) < 4.78 is 0. The molecule has 0 aliphatic carbocycles. The second kappa shape index (κ2) is 2.48. The second-order valence-corrected chi connectivity index (χ2v) is 3.47. The first kappa shape index (κ1) is 7.10. The summed E-state index contributed by atoms with van der Waals surface area (Å²) in [6.07, 6.45) is 4.36. The van der Waals surface area contributed by atoms with Gasteiger partial charge in [0, 0.05) is 6.04 Å². The normalized spacial score (nSPS) is 37.5. The maximum atomic E-state index is 10.7. The molecule has 2 heterocycles. The standard InChI is InChI=1S/C8H13NO2/c10-8(11)7-4-3-6-2-1-5-9(6)7/h6-7H,1-5H2,(H,10,11)/t6?,7-/m0/s1. The van der Waals surface area contributed by atoms with Gasteiger partial charge in [0.2, 0.25) is 0 Å². The lowest BCUT2D eigenvalue weighted by Gasteiger charge is -2.19. The van der Waals surface area contributed by atoms with Crippen LogP contribution in [0.3, 0.4) is 0 Å². The Balaban J connectivity index is 2.08. The van der Waals surface area contributed by atoms with E-state index in [1.807, 2.05) is 0 Å². The van der Waals surface area contributed by atoms with E-state index in [4.69, 9.17) is 5.11 Å². The Hall–Kier alpha value is -0.570. The van der Waals surface area contributed by atoms with Crippen LogP contribution in [0.2, 0.25) is 0 Å². The molecule has 2 atom stereocenters. The summed E-state index contributed by atoms with van der Waals surface area (Å²) in [6, 6.07) is 0.429. The van der Waals surface area contributed by atoms with E-state index >= 15 is 0 Å². The molecule has 0 aromatic carbocycles. The van der Waals surface area contributed by atoms with Crippen molar-refractivity contribution in [3.05, 3.63) is 0 Å². The van der Waals surface area contributed by atoms with Gasteiger partial charge in [0.05, 0.1) is 0 Å². The Morgan fingerprint density at radius 1 is 1.36 bits per heavy atom. The van der Waals surface area contributed by atoms with Crippen molar-refractivity contribution >= 4 is 5.97 Å². The molecule has 0 radical (unpaired) electrons. The van der Waals surface area contributed by atoms with Crippen molar-refractivity contribution in [3.8, 4) is 0 Å². The Kier molecular flexibility index (Phi) is 1.60. The molecule has 1 unspecified atom stereocenters. The molecule has 0 bridgehead atoms. The molecule has 3 heteroatoms. The summed E-state index contributed by atoms with van der Waals surface area (Å²) in [5, 5.41) is 8.82. The van der Waals surface area contributed by atoms with Crippen molar-refractivity contribution in [3.63, 3.8) is 0 Å². The predicted octanol–water partition coefficient (Wildman–Crippen LogP) is 0.698. The van der Waals surface area contributed by atoms with Gasteiger partial charge in [-0.15, -0.1) is 0 Å². The van der Waals surface area contributed by atoms with Gasteiger partial charge in [-0.3, -0.25) is 9.69 Å². The van der Waals surface area contributed by atoms with Gasteiger partial charge >= 0.3 is 5.97 Å². The summed E-state index contributed by atoms with van der Waals surface area (Å²) >= 11 is 0. The van der Waals surface area contributed by atoms with Gasteiger partial charge in [-0.2, -0.15) is 0 Å². The molecule has 0 aromatic rings. The Bertz CT molecular complexity index is 181. The molecule has 2 aliphatic rings. The van der Waals surface area contributed by atoms with Gasteiger partial charge in [0.15, 0.2) is 0 Å². The molecule has 2 aliphatic heterocycles. The predicted molar refractivity (Wildman–Crippen MR) is 40.4 cm³/mol. The van der Waals surface area contributed by atoms with E-state index in [0.29, 0.717) is 6.04 Å². The number of aliphatic carboxylic acids is 1. The molecule has 0 aromatic heterocycles. The van der Waals surface area contributed by atoms with Crippen molar-refractivity contribution in [2.45, 2.75) is 37.8 Å². The highest BCUT2D eigenvalue weighted by Crippen LogP contribution is 2.32. The fraction of sp³-hybridized carbons (Fsp3) is 0.875. The molecule has 11 heavy (non-hydrogen) atoms. The molecule has 0 spiro atoms. The molecule has 0 saturated carbocycles. The maximum Gasteiger partial charge on any atom is 0.320 e. The van der Waals surface area contributed by atoms with Crippen LogP contribution < -0.4 is 0 Å². The molecule has 1 N–H and O–H groups in total. The fourth-order valence-electron chi connectivity index (χ4n) is 2.36. The van der Waals surface area contributed by atoms with Gasteiger partial charge in [-0.1, -0.05) is 0 Å². The van der Waals surface area contributed by atoms with Gasteiger partial charge < -0.3 is 5.11 Å². The van der Waals surface area contributed by atoms with Gasteiger partial charge in [-0.05, 0) is 32.2 Å². The lowest BCUT2D eigenvalue weighted by molar-refractivity contribution is -0.142. The Labute approximate surface area is 66.0 Å². The van der Waals surface area contributed by atoms with Crippen LogP contribution in [-0.2, 0) is 4.79 Å². The number of nitrogens with zero attached hydrogens (tertiary/aromatic N) is 1. The van der Waals surface area contributed by atoms with Crippen molar-refractivity contribution in [1.29, 1.82) is 0 Å². The van der Waals surface area contributed by atoms with Crippen LogP contribution in [-0.4, -0.2) is 34.6 Å². The minimum Gasteiger partial charge on any atom is -0.480 e. The van der Waals surface area contributed by atoms with E-state index in [2.05, 4.69) is 4.90 Å². The van der Waals surface area contributed by atoms with Crippen LogP contribution in [0.4, 0.5) is 0 Å². The molecule has 2 fully saturated rings. The minimum atomic E-state index is -0.630. The molecule has 3 nitrogen and oxygen atoms in total. The molecule has 2 rings (SSSR count). The fourth-order valence-corrected chi connectivity index (χ4v) is 2.36. The first-order chi connectivity index (χ1) is 5.29. The zero-order valence-corrected chi connectivity index (χ0v) is 6.49. The van der Waals surface area contributed by atoms with Crippen LogP contribution in [0.5, 0.6) is 0 Å². The number of fused-ring (bicyclic) bond motifs is 1. The minimum absolute atomic E-state index is 0.164. The molecule has 0 amide bonds. The molecular weight excluding hydrogens is 142 g/mol.